The summed E-state index contributed by atoms with van der Waals surface area (Å²) < 4.78 is 2.59. The van der Waals surface area contributed by atoms with Gasteiger partial charge in [0.15, 0.2) is 11.7 Å². The summed E-state index contributed by atoms with van der Waals surface area (Å²) in [6, 6.07) is 17.8. The summed E-state index contributed by atoms with van der Waals surface area (Å²) in [5, 5.41) is 0. The molecule has 142 valence electrons. The monoisotopic (exact) mass is 368 g/mol. The largest absolute Gasteiger partial charge is 0.209 e. The van der Waals surface area contributed by atoms with Crippen LogP contribution in [0, 0.1) is 11.3 Å². The predicted molar refractivity (Wildman–Crippen MR) is 116 cm³/mol. The number of allylic oxidation sites excluding steroid dienone is 6. The van der Waals surface area contributed by atoms with E-state index in [1.807, 2.05) is 0 Å². The van der Waals surface area contributed by atoms with E-state index in [4.69, 9.17) is 0 Å². The van der Waals surface area contributed by atoms with Gasteiger partial charge in [-0.1, -0.05) is 55.5 Å². The van der Waals surface area contributed by atoms with Crippen LogP contribution in [0.4, 0.5) is 0 Å². The third kappa shape index (κ3) is 2.28. The highest BCUT2D eigenvalue weighted by atomic mass is 15.2. The number of benzene rings is 1. The van der Waals surface area contributed by atoms with Gasteiger partial charge in [-0.2, -0.15) is 4.57 Å². The SMILES string of the molecule is CC=CC12CC1(C)[n+]1ccccc1C1=C(Cc3ccccc3)C(CC)=CCC12. The quantitative estimate of drug-likeness (QED) is 0.459. The van der Waals surface area contributed by atoms with Gasteiger partial charge in [-0.25, -0.2) is 0 Å². The molecule has 1 aromatic heterocycles. The van der Waals surface area contributed by atoms with Crippen LogP contribution >= 0.6 is 0 Å². The van der Waals surface area contributed by atoms with Gasteiger partial charge >= 0.3 is 0 Å². The zero-order valence-electron chi connectivity index (χ0n) is 17.3. The average Bonchev–Trinajstić information content (AvgIpc) is 3.36. The predicted octanol–water partition coefficient (Wildman–Crippen LogP) is 6.02. The van der Waals surface area contributed by atoms with Crippen molar-refractivity contribution >= 4 is 5.57 Å². The molecule has 0 N–H and O–H groups in total. The number of hydrogen-bond acceptors (Lipinski definition) is 0. The van der Waals surface area contributed by atoms with Gasteiger partial charge in [0.05, 0.1) is 5.41 Å². The maximum absolute atomic E-state index is 2.59. The van der Waals surface area contributed by atoms with Crippen molar-refractivity contribution in [2.45, 2.75) is 52.0 Å². The van der Waals surface area contributed by atoms with Crippen LogP contribution in [0.2, 0.25) is 0 Å². The van der Waals surface area contributed by atoms with Crippen molar-refractivity contribution in [3.8, 4) is 0 Å². The van der Waals surface area contributed by atoms with Crippen molar-refractivity contribution in [2.24, 2.45) is 11.3 Å². The van der Waals surface area contributed by atoms with E-state index in [0.717, 1.165) is 12.8 Å². The molecule has 1 aromatic carbocycles. The molecule has 0 radical (unpaired) electrons. The molecule has 0 spiro atoms. The number of aromatic nitrogens is 1. The third-order valence-corrected chi connectivity index (χ3v) is 7.53. The van der Waals surface area contributed by atoms with Gasteiger partial charge < -0.3 is 0 Å². The Balaban J connectivity index is 1.76. The van der Waals surface area contributed by atoms with E-state index in [0.29, 0.717) is 5.92 Å². The third-order valence-electron chi connectivity index (χ3n) is 7.53. The summed E-state index contributed by atoms with van der Waals surface area (Å²) in [7, 11) is 0. The lowest BCUT2D eigenvalue weighted by Gasteiger charge is -2.37. The first kappa shape index (κ1) is 17.7. The number of pyridine rings is 1. The highest BCUT2D eigenvalue weighted by molar-refractivity contribution is 5.76. The van der Waals surface area contributed by atoms with Crippen LogP contribution in [0.15, 0.2) is 84.1 Å². The van der Waals surface area contributed by atoms with Gasteiger partial charge in [-0.3, -0.25) is 0 Å². The van der Waals surface area contributed by atoms with Gasteiger partial charge in [0.25, 0.3) is 0 Å². The van der Waals surface area contributed by atoms with Crippen molar-refractivity contribution in [1.82, 2.24) is 0 Å². The first-order chi connectivity index (χ1) is 13.6. The Morgan fingerprint density at radius 1 is 1.11 bits per heavy atom. The minimum atomic E-state index is 0.208. The van der Waals surface area contributed by atoms with Crippen LogP contribution in [0.5, 0.6) is 0 Å². The molecular formula is C27H30N+. The van der Waals surface area contributed by atoms with E-state index in [1.165, 1.54) is 24.1 Å². The van der Waals surface area contributed by atoms with Crippen LogP contribution in [0.3, 0.4) is 0 Å². The van der Waals surface area contributed by atoms with Gasteiger partial charge in [0.2, 0.25) is 5.69 Å². The summed E-state index contributed by atoms with van der Waals surface area (Å²) in [4.78, 5) is 0. The molecule has 1 nitrogen and oxygen atoms in total. The summed E-state index contributed by atoms with van der Waals surface area (Å²) in [5.74, 6) is 0.588. The number of rotatable bonds is 4. The lowest BCUT2D eigenvalue weighted by molar-refractivity contribution is -0.747. The highest BCUT2D eigenvalue weighted by Crippen LogP contribution is 2.70. The molecule has 3 unspecified atom stereocenters. The van der Waals surface area contributed by atoms with Gasteiger partial charge in [0, 0.05) is 37.0 Å². The van der Waals surface area contributed by atoms with E-state index < -0.39 is 0 Å². The number of nitrogens with zero attached hydrogens (tertiary/aromatic N) is 1. The Labute approximate surface area is 169 Å². The smallest absolute Gasteiger partial charge is 0.193 e. The molecule has 2 aromatic rings. The molecule has 2 heterocycles. The topological polar surface area (TPSA) is 3.88 Å². The minimum Gasteiger partial charge on any atom is -0.193 e. The lowest BCUT2D eigenvalue weighted by Crippen LogP contribution is -2.56. The van der Waals surface area contributed by atoms with Crippen LogP contribution < -0.4 is 4.57 Å². The van der Waals surface area contributed by atoms with E-state index >= 15 is 0 Å². The fraction of sp³-hybridized carbons (Fsp3) is 0.370. The van der Waals surface area contributed by atoms with Crippen molar-refractivity contribution in [2.75, 3.05) is 0 Å². The van der Waals surface area contributed by atoms with Gasteiger partial charge in [-0.05, 0) is 49.0 Å². The Kier molecular flexibility index (Phi) is 3.98. The Morgan fingerprint density at radius 2 is 1.89 bits per heavy atom. The van der Waals surface area contributed by atoms with Crippen LogP contribution in [0.1, 0.15) is 51.3 Å². The molecule has 1 fully saturated rings. The second-order valence-electron chi connectivity index (χ2n) is 8.87. The second-order valence-corrected chi connectivity index (χ2v) is 8.87. The molecule has 0 saturated heterocycles. The molecule has 0 amide bonds. The van der Waals surface area contributed by atoms with Crippen molar-refractivity contribution in [3.63, 3.8) is 0 Å². The van der Waals surface area contributed by atoms with Gasteiger partial charge in [-0.15, -0.1) is 0 Å². The van der Waals surface area contributed by atoms with Crippen LogP contribution in [-0.4, -0.2) is 0 Å². The van der Waals surface area contributed by atoms with E-state index in [-0.39, 0.29) is 11.0 Å². The standard InChI is InChI=1S/C27H30N/c1-4-16-27-19-26(27,3)28-17-10-9-13-24(28)25-22(18-20-11-7-6-8-12-20)21(5-2)14-15-23(25)27/h4,6-14,16-17,23H,5,15,18-19H2,1-3H3/q+1. The van der Waals surface area contributed by atoms with Crippen molar-refractivity contribution in [3.05, 3.63) is 95.4 Å². The second kappa shape index (κ2) is 6.30. The molecule has 2 aliphatic carbocycles. The fourth-order valence-corrected chi connectivity index (χ4v) is 6.13. The van der Waals surface area contributed by atoms with E-state index in [1.54, 1.807) is 16.7 Å². The Morgan fingerprint density at radius 3 is 2.64 bits per heavy atom. The number of fused-ring (bicyclic) bond motifs is 6. The van der Waals surface area contributed by atoms with E-state index in [2.05, 4.69) is 98.3 Å². The highest BCUT2D eigenvalue weighted by Gasteiger charge is 2.77. The zero-order chi connectivity index (χ0) is 19.4. The maximum atomic E-state index is 2.59. The summed E-state index contributed by atoms with van der Waals surface area (Å²) in [6.45, 7) is 6.95. The molecule has 1 saturated carbocycles. The molecule has 0 bridgehead atoms. The zero-order valence-corrected chi connectivity index (χ0v) is 17.3. The van der Waals surface area contributed by atoms with Gasteiger partial charge in [0.1, 0.15) is 0 Å². The normalized spacial score (nSPS) is 30.5. The Hall–Kier alpha value is -2.41. The molecule has 1 aliphatic heterocycles. The molecule has 3 aliphatic rings. The summed E-state index contributed by atoms with van der Waals surface area (Å²) in [6.07, 6.45) is 14.2. The molecule has 5 rings (SSSR count). The summed E-state index contributed by atoms with van der Waals surface area (Å²) in [5.41, 5.74) is 8.05. The first-order valence-electron chi connectivity index (χ1n) is 10.8. The molecular weight excluding hydrogens is 338 g/mol. The summed E-state index contributed by atoms with van der Waals surface area (Å²) >= 11 is 0. The first-order valence-corrected chi connectivity index (χ1v) is 10.8. The van der Waals surface area contributed by atoms with Crippen LogP contribution in [-0.2, 0) is 12.0 Å². The maximum Gasteiger partial charge on any atom is 0.209 e. The minimum absolute atomic E-state index is 0.208. The average molecular weight is 369 g/mol. The van der Waals surface area contributed by atoms with Crippen LogP contribution in [0.25, 0.3) is 5.57 Å². The Bertz CT molecular complexity index is 1010. The lowest BCUT2D eigenvalue weighted by atomic mass is 9.67. The fourth-order valence-electron chi connectivity index (χ4n) is 6.13. The molecule has 28 heavy (non-hydrogen) atoms. The molecule has 3 atom stereocenters. The van der Waals surface area contributed by atoms with Crippen molar-refractivity contribution in [1.29, 1.82) is 0 Å². The van der Waals surface area contributed by atoms with E-state index in [9.17, 15) is 0 Å². The molecule has 1 heteroatoms. The van der Waals surface area contributed by atoms with Crippen molar-refractivity contribution < 1.29 is 4.57 Å². The number of hydrogen-bond donors (Lipinski definition) is 0.